The number of hydrogen-bond acceptors (Lipinski definition) is 3. The third kappa shape index (κ3) is 2.71. The van der Waals surface area contributed by atoms with Crippen LogP contribution in [-0.4, -0.2) is 53.6 Å². The Morgan fingerprint density at radius 1 is 1.33 bits per heavy atom. The van der Waals surface area contributed by atoms with E-state index in [9.17, 15) is 0 Å². The molecule has 1 atom stereocenters. The smallest absolute Gasteiger partial charge is 0.0343 e. The van der Waals surface area contributed by atoms with Crippen molar-refractivity contribution in [3.05, 3.63) is 0 Å². The van der Waals surface area contributed by atoms with Crippen molar-refractivity contribution in [2.24, 2.45) is 5.73 Å². The summed E-state index contributed by atoms with van der Waals surface area (Å²) in [6, 6.07) is 0.497. The molecule has 90 valence electrons. The summed E-state index contributed by atoms with van der Waals surface area (Å²) in [7, 11) is 2.18. The maximum Gasteiger partial charge on any atom is 0.0343 e. The van der Waals surface area contributed by atoms with Crippen LogP contribution in [0, 0.1) is 0 Å². The highest BCUT2D eigenvalue weighted by Gasteiger charge is 2.41. The monoisotopic (exact) mass is 213 g/mol. The quantitative estimate of drug-likeness (QED) is 0.709. The first-order valence-corrected chi connectivity index (χ1v) is 5.86. The molecule has 1 unspecified atom stereocenters. The molecular formula is C12H27N3. The summed E-state index contributed by atoms with van der Waals surface area (Å²) in [6.07, 6.45) is 0. The van der Waals surface area contributed by atoms with Crippen LogP contribution in [0.5, 0.6) is 0 Å². The first-order valence-electron chi connectivity index (χ1n) is 5.86. The van der Waals surface area contributed by atoms with Gasteiger partial charge in [-0.1, -0.05) is 0 Å². The van der Waals surface area contributed by atoms with E-state index in [1.165, 1.54) is 0 Å². The van der Waals surface area contributed by atoms with E-state index in [-0.39, 0.29) is 11.1 Å². The maximum absolute atomic E-state index is 5.82. The molecule has 1 rings (SSSR count). The van der Waals surface area contributed by atoms with Gasteiger partial charge in [0.1, 0.15) is 0 Å². The molecule has 0 aliphatic carbocycles. The Morgan fingerprint density at radius 2 is 1.87 bits per heavy atom. The number of piperazine rings is 1. The lowest BCUT2D eigenvalue weighted by molar-refractivity contribution is -0.0553. The molecule has 0 radical (unpaired) electrons. The molecule has 0 aromatic heterocycles. The molecule has 1 heterocycles. The van der Waals surface area contributed by atoms with Crippen molar-refractivity contribution in [2.75, 3.05) is 26.7 Å². The lowest BCUT2D eigenvalue weighted by Crippen LogP contribution is -2.68. The number of likely N-dealkylation sites (N-methyl/N-ethyl adjacent to an activating group) is 1. The Kier molecular flexibility index (Phi) is 3.49. The van der Waals surface area contributed by atoms with Crippen molar-refractivity contribution >= 4 is 0 Å². The summed E-state index contributed by atoms with van der Waals surface area (Å²) in [5.41, 5.74) is 6.27. The van der Waals surface area contributed by atoms with Gasteiger partial charge in [0, 0.05) is 36.8 Å². The average Bonchev–Trinajstić information content (AvgIpc) is 1.99. The maximum atomic E-state index is 5.82. The molecule has 1 aliphatic rings. The number of hydrogen-bond donors (Lipinski definition) is 1. The molecular weight excluding hydrogens is 186 g/mol. The van der Waals surface area contributed by atoms with Crippen LogP contribution in [0.2, 0.25) is 0 Å². The van der Waals surface area contributed by atoms with E-state index in [1.807, 2.05) is 0 Å². The summed E-state index contributed by atoms with van der Waals surface area (Å²) in [5, 5.41) is 0. The first kappa shape index (κ1) is 12.9. The van der Waals surface area contributed by atoms with Crippen LogP contribution in [0.3, 0.4) is 0 Å². The van der Waals surface area contributed by atoms with Crippen LogP contribution in [-0.2, 0) is 0 Å². The number of rotatable bonds is 1. The van der Waals surface area contributed by atoms with Crippen LogP contribution in [0.15, 0.2) is 0 Å². The van der Waals surface area contributed by atoms with Gasteiger partial charge in [-0.05, 0) is 41.7 Å². The van der Waals surface area contributed by atoms with E-state index in [0.29, 0.717) is 6.04 Å². The topological polar surface area (TPSA) is 32.5 Å². The molecule has 1 fully saturated rings. The molecule has 3 nitrogen and oxygen atoms in total. The van der Waals surface area contributed by atoms with Crippen molar-refractivity contribution in [1.29, 1.82) is 0 Å². The standard InChI is InChI=1S/C12H27N3/c1-11(2,3)15-8-10(7-13)14(6)9-12(15,4)5/h10H,7-9,13H2,1-6H3. The molecule has 0 amide bonds. The van der Waals surface area contributed by atoms with E-state index in [1.54, 1.807) is 0 Å². The fourth-order valence-corrected chi connectivity index (χ4v) is 2.86. The highest BCUT2D eigenvalue weighted by atomic mass is 15.3. The summed E-state index contributed by atoms with van der Waals surface area (Å²) in [6.45, 7) is 14.4. The molecule has 0 spiro atoms. The van der Waals surface area contributed by atoms with Crippen molar-refractivity contribution in [3.8, 4) is 0 Å². The minimum atomic E-state index is 0.220. The first-order chi connectivity index (χ1) is 6.68. The summed E-state index contributed by atoms with van der Waals surface area (Å²) in [5.74, 6) is 0. The number of nitrogens with zero attached hydrogens (tertiary/aromatic N) is 2. The lowest BCUT2D eigenvalue weighted by Gasteiger charge is -2.55. The van der Waals surface area contributed by atoms with Gasteiger partial charge < -0.3 is 5.73 Å². The van der Waals surface area contributed by atoms with E-state index in [2.05, 4.69) is 51.5 Å². The fraction of sp³-hybridized carbons (Fsp3) is 1.00. The zero-order chi connectivity index (χ0) is 11.9. The summed E-state index contributed by atoms with van der Waals surface area (Å²) in [4.78, 5) is 4.97. The van der Waals surface area contributed by atoms with Crippen molar-refractivity contribution < 1.29 is 0 Å². The molecule has 0 bridgehead atoms. The second-order valence-electron chi connectivity index (χ2n) is 6.40. The molecule has 0 saturated carbocycles. The summed E-state index contributed by atoms with van der Waals surface area (Å²) < 4.78 is 0. The third-order valence-electron chi connectivity index (χ3n) is 3.47. The summed E-state index contributed by atoms with van der Waals surface area (Å²) >= 11 is 0. The minimum Gasteiger partial charge on any atom is -0.329 e. The van der Waals surface area contributed by atoms with E-state index in [4.69, 9.17) is 5.73 Å². The Bertz CT molecular complexity index is 217. The largest absolute Gasteiger partial charge is 0.329 e. The zero-order valence-electron chi connectivity index (χ0n) is 11.2. The van der Waals surface area contributed by atoms with Gasteiger partial charge in [-0.3, -0.25) is 9.80 Å². The molecule has 0 aromatic rings. The van der Waals surface area contributed by atoms with Crippen LogP contribution in [0.1, 0.15) is 34.6 Å². The van der Waals surface area contributed by atoms with Gasteiger partial charge >= 0.3 is 0 Å². The van der Waals surface area contributed by atoms with Crippen LogP contribution in [0.4, 0.5) is 0 Å². The van der Waals surface area contributed by atoms with Gasteiger partial charge in [-0.25, -0.2) is 0 Å². The van der Waals surface area contributed by atoms with Gasteiger partial charge in [-0.2, -0.15) is 0 Å². The second-order valence-corrected chi connectivity index (χ2v) is 6.40. The Labute approximate surface area is 94.6 Å². The highest BCUT2D eigenvalue weighted by molar-refractivity contribution is 4.98. The van der Waals surface area contributed by atoms with E-state index >= 15 is 0 Å². The third-order valence-corrected chi connectivity index (χ3v) is 3.47. The van der Waals surface area contributed by atoms with Crippen molar-refractivity contribution in [2.45, 2.75) is 51.7 Å². The predicted molar refractivity (Wildman–Crippen MR) is 66.0 cm³/mol. The van der Waals surface area contributed by atoms with Crippen molar-refractivity contribution in [3.63, 3.8) is 0 Å². The molecule has 0 aromatic carbocycles. The van der Waals surface area contributed by atoms with Crippen molar-refractivity contribution in [1.82, 2.24) is 9.80 Å². The predicted octanol–water partition coefficient (Wildman–Crippen LogP) is 1.14. The van der Waals surface area contributed by atoms with Gasteiger partial charge in [-0.15, -0.1) is 0 Å². The SMILES string of the molecule is CN1CC(C)(C)N(C(C)(C)C)CC1CN. The van der Waals surface area contributed by atoms with E-state index in [0.717, 1.165) is 19.6 Å². The molecule has 2 N–H and O–H groups in total. The highest BCUT2D eigenvalue weighted by Crippen LogP contribution is 2.30. The van der Waals surface area contributed by atoms with Crippen LogP contribution >= 0.6 is 0 Å². The molecule has 1 aliphatic heterocycles. The van der Waals surface area contributed by atoms with Gasteiger partial charge in [0.25, 0.3) is 0 Å². The van der Waals surface area contributed by atoms with Crippen LogP contribution in [0.25, 0.3) is 0 Å². The second kappa shape index (κ2) is 4.04. The Balaban J connectivity index is 2.86. The minimum absolute atomic E-state index is 0.220. The molecule has 3 heteroatoms. The average molecular weight is 213 g/mol. The van der Waals surface area contributed by atoms with Gasteiger partial charge in [0.15, 0.2) is 0 Å². The van der Waals surface area contributed by atoms with Gasteiger partial charge in [0.05, 0.1) is 0 Å². The normalized spacial score (nSPS) is 29.4. The molecule has 15 heavy (non-hydrogen) atoms. The Morgan fingerprint density at radius 3 is 2.27 bits per heavy atom. The number of nitrogens with two attached hydrogens (primary N) is 1. The van der Waals surface area contributed by atoms with E-state index < -0.39 is 0 Å². The van der Waals surface area contributed by atoms with Gasteiger partial charge in [0.2, 0.25) is 0 Å². The lowest BCUT2D eigenvalue weighted by atomic mass is 9.89. The zero-order valence-corrected chi connectivity index (χ0v) is 11.2. The van der Waals surface area contributed by atoms with Crippen LogP contribution < -0.4 is 5.73 Å². The fourth-order valence-electron chi connectivity index (χ4n) is 2.86. The molecule has 1 saturated heterocycles. The Hall–Kier alpha value is -0.120.